The lowest BCUT2D eigenvalue weighted by Gasteiger charge is -2.18. The fourth-order valence-electron chi connectivity index (χ4n) is 3.69. The molecule has 12 nitrogen and oxygen atoms in total. The predicted molar refractivity (Wildman–Crippen MR) is 142 cm³/mol. The molecule has 4 rings (SSSR count). The third-order valence-corrected chi connectivity index (χ3v) is 5.52. The van der Waals surface area contributed by atoms with Gasteiger partial charge in [-0.15, -0.1) is 0 Å². The number of benzene rings is 3. The van der Waals surface area contributed by atoms with Crippen molar-refractivity contribution in [2.75, 3.05) is 13.7 Å². The molecule has 5 N–H and O–H groups in total. The van der Waals surface area contributed by atoms with Gasteiger partial charge in [0.05, 0.1) is 18.7 Å². The zero-order valence-electron chi connectivity index (χ0n) is 20.7. The van der Waals surface area contributed by atoms with E-state index in [0.717, 1.165) is 0 Å². The first-order valence-electron chi connectivity index (χ1n) is 11.6. The van der Waals surface area contributed by atoms with E-state index < -0.39 is 29.3 Å². The molecular formula is C27H24N6O6. The van der Waals surface area contributed by atoms with Crippen LogP contribution in [-0.2, 0) is 9.59 Å². The summed E-state index contributed by atoms with van der Waals surface area (Å²) in [7, 11) is 1.43. The molecule has 0 fully saturated rings. The molecule has 4 aromatic rings. The van der Waals surface area contributed by atoms with Gasteiger partial charge in [0.25, 0.3) is 23.3 Å². The highest BCUT2D eigenvalue weighted by Crippen LogP contribution is 2.27. The number of H-pyrrole nitrogens is 1. The van der Waals surface area contributed by atoms with E-state index >= 15 is 0 Å². The lowest BCUT2D eigenvalue weighted by Crippen LogP contribution is -2.40. The number of ether oxygens (including phenoxy) is 2. The van der Waals surface area contributed by atoms with Gasteiger partial charge in [0.15, 0.2) is 24.1 Å². The Hall–Kier alpha value is -5.52. The maximum Gasteiger partial charge on any atom is 0.272 e. The quantitative estimate of drug-likeness (QED) is 0.178. The van der Waals surface area contributed by atoms with Crippen LogP contribution in [0.3, 0.4) is 0 Å². The number of primary amides is 1. The zero-order valence-corrected chi connectivity index (χ0v) is 20.7. The molecule has 39 heavy (non-hydrogen) atoms. The van der Waals surface area contributed by atoms with Crippen LogP contribution >= 0.6 is 0 Å². The van der Waals surface area contributed by atoms with Crippen molar-refractivity contribution in [2.45, 2.75) is 6.04 Å². The molecule has 1 aromatic heterocycles. The Morgan fingerprint density at radius 1 is 1.03 bits per heavy atom. The summed E-state index contributed by atoms with van der Waals surface area (Å²) in [6.07, 6.45) is 1.35. The molecule has 12 heteroatoms. The SMILES string of the molecule is COc1cc(/C=N\NC(=O)[C@H](NC(=O)c2ccccc2)c2n[nH]c(=O)c3ccccc23)ccc1OCC(N)=O. The van der Waals surface area contributed by atoms with Crippen LogP contribution in [0, 0.1) is 0 Å². The lowest BCUT2D eigenvalue weighted by molar-refractivity contribution is -0.123. The second kappa shape index (κ2) is 12.1. The van der Waals surface area contributed by atoms with Crippen LogP contribution in [0.15, 0.2) is 82.7 Å². The summed E-state index contributed by atoms with van der Waals surface area (Å²) in [4.78, 5) is 49.5. The molecule has 0 saturated heterocycles. The molecule has 0 bridgehead atoms. The van der Waals surface area contributed by atoms with Crippen molar-refractivity contribution < 1.29 is 23.9 Å². The number of hydrogen-bond acceptors (Lipinski definition) is 8. The third kappa shape index (κ3) is 6.43. The van der Waals surface area contributed by atoms with Gasteiger partial charge in [0, 0.05) is 10.9 Å². The maximum absolute atomic E-state index is 13.3. The molecule has 0 aliphatic carbocycles. The van der Waals surface area contributed by atoms with Gasteiger partial charge in [0.2, 0.25) is 0 Å². The summed E-state index contributed by atoms with van der Waals surface area (Å²) >= 11 is 0. The Balaban J connectivity index is 1.60. The Labute approximate surface area is 221 Å². The largest absolute Gasteiger partial charge is 0.493 e. The van der Waals surface area contributed by atoms with Gasteiger partial charge in [-0.2, -0.15) is 10.2 Å². The van der Waals surface area contributed by atoms with Gasteiger partial charge in [-0.25, -0.2) is 10.5 Å². The first kappa shape index (κ1) is 26.5. The van der Waals surface area contributed by atoms with Crippen LogP contribution in [-0.4, -0.2) is 47.9 Å². The Bertz CT molecular complexity index is 1600. The van der Waals surface area contributed by atoms with E-state index in [2.05, 4.69) is 26.0 Å². The number of hydrogen-bond donors (Lipinski definition) is 4. The zero-order chi connectivity index (χ0) is 27.8. The summed E-state index contributed by atoms with van der Waals surface area (Å²) in [5, 5.41) is 13.8. The van der Waals surface area contributed by atoms with E-state index in [9.17, 15) is 19.2 Å². The standard InChI is InChI=1S/C27H24N6O6/c1-38-21-13-16(11-12-20(21)39-15-22(28)34)14-29-32-27(37)24(30-25(35)17-7-3-2-4-8-17)23-18-9-5-6-10-19(18)26(36)33-31-23/h2-14,24H,15H2,1H3,(H2,28,34)(H,30,35)(H,32,37)(H,33,36)/b29-14-/t24-/m1/s1. The molecule has 0 aliphatic rings. The average Bonchev–Trinajstić information content (AvgIpc) is 2.96. The molecule has 0 aliphatic heterocycles. The van der Waals surface area contributed by atoms with E-state index in [4.69, 9.17) is 15.2 Å². The number of carbonyl (C=O) groups excluding carboxylic acids is 3. The molecule has 3 aromatic carbocycles. The average molecular weight is 529 g/mol. The van der Waals surface area contributed by atoms with Crippen molar-refractivity contribution in [1.82, 2.24) is 20.9 Å². The van der Waals surface area contributed by atoms with E-state index in [1.807, 2.05) is 0 Å². The van der Waals surface area contributed by atoms with Gasteiger partial charge in [-0.3, -0.25) is 19.2 Å². The summed E-state index contributed by atoms with van der Waals surface area (Å²) in [6, 6.07) is 18.4. The molecule has 198 valence electrons. The van der Waals surface area contributed by atoms with Crippen molar-refractivity contribution in [3.63, 3.8) is 0 Å². The minimum atomic E-state index is -1.30. The summed E-state index contributed by atoms with van der Waals surface area (Å²) < 4.78 is 10.6. The number of rotatable bonds is 10. The first-order chi connectivity index (χ1) is 18.9. The number of amides is 3. The third-order valence-electron chi connectivity index (χ3n) is 5.52. The molecule has 1 heterocycles. The van der Waals surface area contributed by atoms with E-state index in [1.54, 1.807) is 72.8 Å². The van der Waals surface area contributed by atoms with Crippen LogP contribution in [0.25, 0.3) is 10.8 Å². The number of aromatic amines is 1. The molecule has 0 spiro atoms. The van der Waals surface area contributed by atoms with Crippen molar-refractivity contribution in [1.29, 1.82) is 0 Å². The highest BCUT2D eigenvalue weighted by Gasteiger charge is 2.27. The van der Waals surface area contributed by atoms with Crippen molar-refractivity contribution in [2.24, 2.45) is 10.8 Å². The Morgan fingerprint density at radius 2 is 1.74 bits per heavy atom. The topological polar surface area (TPSA) is 178 Å². The number of nitrogens with zero attached hydrogens (tertiary/aromatic N) is 2. The predicted octanol–water partition coefficient (Wildman–Crippen LogP) is 1.42. The van der Waals surface area contributed by atoms with E-state index in [0.29, 0.717) is 33.4 Å². The Kier molecular flexibility index (Phi) is 8.27. The number of carbonyl (C=O) groups is 3. The fourth-order valence-corrected chi connectivity index (χ4v) is 3.69. The van der Waals surface area contributed by atoms with Crippen LogP contribution < -0.4 is 31.5 Å². The van der Waals surface area contributed by atoms with Crippen LogP contribution in [0.2, 0.25) is 0 Å². The smallest absolute Gasteiger partial charge is 0.272 e. The summed E-state index contributed by atoms with van der Waals surface area (Å²) in [5.41, 5.74) is 8.09. The monoisotopic (exact) mass is 528 g/mol. The van der Waals surface area contributed by atoms with E-state index in [1.165, 1.54) is 13.3 Å². The molecule has 3 amide bonds. The number of aromatic nitrogens is 2. The number of nitrogens with two attached hydrogens (primary N) is 1. The second-order valence-electron chi connectivity index (χ2n) is 8.16. The van der Waals surface area contributed by atoms with Crippen molar-refractivity contribution in [3.8, 4) is 11.5 Å². The van der Waals surface area contributed by atoms with Gasteiger partial charge < -0.3 is 20.5 Å². The number of hydrazone groups is 1. The first-order valence-corrected chi connectivity index (χ1v) is 11.6. The highest BCUT2D eigenvalue weighted by atomic mass is 16.5. The van der Waals surface area contributed by atoms with Crippen molar-refractivity contribution >= 4 is 34.7 Å². The van der Waals surface area contributed by atoms with Crippen LogP contribution in [0.4, 0.5) is 0 Å². The normalized spacial score (nSPS) is 11.6. The van der Waals surface area contributed by atoms with Crippen LogP contribution in [0.5, 0.6) is 11.5 Å². The molecule has 0 unspecified atom stereocenters. The number of nitrogens with one attached hydrogen (secondary N) is 3. The second-order valence-corrected chi connectivity index (χ2v) is 8.16. The van der Waals surface area contributed by atoms with Gasteiger partial charge in [-0.05, 0) is 42.0 Å². The highest BCUT2D eigenvalue weighted by molar-refractivity contribution is 5.99. The van der Waals surface area contributed by atoms with Gasteiger partial charge in [-0.1, -0.05) is 36.4 Å². The molecule has 1 atom stereocenters. The minimum absolute atomic E-state index is 0.139. The Morgan fingerprint density at radius 3 is 2.46 bits per heavy atom. The van der Waals surface area contributed by atoms with Crippen molar-refractivity contribution in [3.05, 3.63) is 100.0 Å². The molecular weight excluding hydrogens is 504 g/mol. The summed E-state index contributed by atoms with van der Waals surface area (Å²) in [6.45, 7) is -0.316. The fraction of sp³-hybridized carbons (Fsp3) is 0.111. The molecule has 0 radical (unpaired) electrons. The maximum atomic E-state index is 13.3. The molecule has 0 saturated carbocycles. The van der Waals surface area contributed by atoms with Gasteiger partial charge >= 0.3 is 0 Å². The van der Waals surface area contributed by atoms with Crippen LogP contribution in [0.1, 0.15) is 27.7 Å². The number of fused-ring (bicyclic) bond motifs is 1. The van der Waals surface area contributed by atoms with Gasteiger partial charge in [0.1, 0.15) is 5.69 Å². The summed E-state index contributed by atoms with van der Waals surface area (Å²) in [5.74, 6) is -1.23. The van der Waals surface area contributed by atoms with E-state index in [-0.39, 0.29) is 12.3 Å². The lowest BCUT2D eigenvalue weighted by atomic mass is 10.0. The number of methoxy groups -OCH3 is 1. The minimum Gasteiger partial charge on any atom is -0.493 e.